The van der Waals surface area contributed by atoms with Crippen LogP contribution < -0.4 is 11.1 Å². The van der Waals surface area contributed by atoms with Gasteiger partial charge in [0, 0.05) is 52.2 Å². The molecular weight excluding hydrogens is 474 g/mol. The number of aromatic nitrogens is 4. The topological polar surface area (TPSA) is 93.5 Å². The molecule has 3 N–H and O–H groups in total. The van der Waals surface area contributed by atoms with Gasteiger partial charge in [-0.15, -0.1) is 23.5 Å². The molecule has 5 heterocycles. The lowest BCUT2D eigenvalue weighted by molar-refractivity contribution is 0.356. The van der Waals surface area contributed by atoms with Gasteiger partial charge in [-0.05, 0) is 51.6 Å². The Bertz CT molecular complexity index is 1190. The molecule has 186 valence electrons. The van der Waals surface area contributed by atoms with Gasteiger partial charge in [-0.2, -0.15) is 9.61 Å². The fourth-order valence-corrected chi connectivity index (χ4v) is 6.42. The summed E-state index contributed by atoms with van der Waals surface area (Å²) >= 11 is 3.37. The highest BCUT2D eigenvalue weighted by Crippen LogP contribution is 2.42. The zero-order valence-corrected chi connectivity index (χ0v) is 22.6. The third-order valence-corrected chi connectivity index (χ3v) is 8.41. The van der Waals surface area contributed by atoms with E-state index in [2.05, 4.69) is 45.5 Å². The van der Waals surface area contributed by atoms with Crippen molar-refractivity contribution in [1.82, 2.24) is 24.9 Å². The maximum absolute atomic E-state index is 6.62. The lowest BCUT2D eigenvalue weighted by atomic mass is 9.89. The van der Waals surface area contributed by atoms with Crippen molar-refractivity contribution in [2.45, 2.75) is 75.1 Å². The van der Waals surface area contributed by atoms with E-state index in [0.29, 0.717) is 23.8 Å². The Morgan fingerprint density at radius 2 is 2.00 bits per heavy atom. The summed E-state index contributed by atoms with van der Waals surface area (Å²) in [6.07, 6.45) is 12.4. The summed E-state index contributed by atoms with van der Waals surface area (Å²) in [5.41, 5.74) is 11.5. The Hall–Kier alpha value is -2.36. The van der Waals surface area contributed by atoms with Crippen LogP contribution in [0.3, 0.4) is 0 Å². The Balaban J connectivity index is 0.00000141. The number of allylic oxidation sites excluding steroid dienone is 1. The van der Waals surface area contributed by atoms with Gasteiger partial charge in [-0.1, -0.05) is 19.9 Å². The van der Waals surface area contributed by atoms with Crippen molar-refractivity contribution in [3.63, 3.8) is 0 Å². The van der Waals surface area contributed by atoms with E-state index < -0.39 is 0 Å². The number of aliphatic imine (C=N–C) groups is 1. The van der Waals surface area contributed by atoms with E-state index in [1.54, 1.807) is 34.2 Å². The molecule has 2 fully saturated rings. The first-order chi connectivity index (χ1) is 17.1. The van der Waals surface area contributed by atoms with Crippen LogP contribution in [0.5, 0.6) is 0 Å². The number of nitrogens with two attached hydrogens (primary N) is 1. The summed E-state index contributed by atoms with van der Waals surface area (Å²) < 4.78 is 1.78. The minimum Gasteiger partial charge on any atom is -0.383 e. The highest BCUT2D eigenvalue weighted by molar-refractivity contribution is 8.02. The smallest absolute Gasteiger partial charge is 0.165 e. The molecule has 5 rings (SSSR count). The molecule has 0 spiro atoms. The predicted molar refractivity (Wildman–Crippen MR) is 150 cm³/mol. The van der Waals surface area contributed by atoms with Crippen molar-refractivity contribution in [3.05, 3.63) is 47.0 Å². The highest BCUT2D eigenvalue weighted by atomic mass is 32.2. The number of hydrogen-bond acceptors (Lipinski definition) is 8. The summed E-state index contributed by atoms with van der Waals surface area (Å²) in [4.78, 5) is 15.8. The quantitative estimate of drug-likeness (QED) is 0.302. The number of nitrogens with zero attached hydrogens (tertiary/aromatic N) is 5. The van der Waals surface area contributed by atoms with Crippen LogP contribution in [0.1, 0.15) is 63.8 Å². The molecule has 7 nitrogen and oxygen atoms in total. The standard InChI is InChI=1S/C24H29N7S2.C2H6/c1-14(10-26-2)33-13-19-5-4-15(11-27-19)20-12-28-31-23(25)22(32-3)21(30-24(20)31)16-8-17-6-7-18(9-16)29-17;1-2/h4-5,10-12,16-18,29H,2,6-9,13,25H2,1,3H3;1-2H3/b14-10-;. The van der Waals surface area contributed by atoms with Crippen LogP contribution in [0.25, 0.3) is 16.8 Å². The van der Waals surface area contributed by atoms with E-state index in [4.69, 9.17) is 10.7 Å². The molecule has 3 aromatic rings. The van der Waals surface area contributed by atoms with Crippen LogP contribution in [-0.2, 0) is 5.75 Å². The van der Waals surface area contributed by atoms with E-state index >= 15 is 0 Å². The molecule has 35 heavy (non-hydrogen) atoms. The number of pyridine rings is 1. The Labute approximate surface area is 216 Å². The Kier molecular flexibility index (Phi) is 8.51. The van der Waals surface area contributed by atoms with Crippen molar-refractivity contribution in [2.24, 2.45) is 4.99 Å². The minimum atomic E-state index is 0.431. The van der Waals surface area contributed by atoms with Crippen molar-refractivity contribution in [2.75, 3.05) is 12.0 Å². The fourth-order valence-electron chi connectivity index (χ4n) is 5.01. The summed E-state index contributed by atoms with van der Waals surface area (Å²) in [6, 6.07) is 5.35. The normalized spacial score (nSPS) is 21.6. The first kappa shape index (κ1) is 25.7. The highest BCUT2D eigenvalue weighted by Gasteiger charge is 2.36. The van der Waals surface area contributed by atoms with E-state index in [-0.39, 0.29) is 0 Å². The summed E-state index contributed by atoms with van der Waals surface area (Å²) in [6.45, 7) is 9.53. The van der Waals surface area contributed by atoms with Gasteiger partial charge in [0.25, 0.3) is 0 Å². The first-order valence-corrected chi connectivity index (χ1v) is 14.5. The second-order valence-corrected chi connectivity index (χ2v) is 10.8. The lowest BCUT2D eigenvalue weighted by Crippen LogP contribution is -2.37. The average Bonchev–Trinajstić information content (AvgIpc) is 3.47. The van der Waals surface area contributed by atoms with E-state index in [1.165, 1.54) is 12.8 Å². The molecule has 0 aromatic carbocycles. The van der Waals surface area contributed by atoms with Crippen molar-refractivity contribution in [3.8, 4) is 11.1 Å². The molecule has 0 aliphatic carbocycles. The van der Waals surface area contributed by atoms with E-state index in [0.717, 1.165) is 56.6 Å². The number of piperidine rings is 1. The maximum Gasteiger partial charge on any atom is 0.165 e. The van der Waals surface area contributed by atoms with Crippen LogP contribution in [-0.4, -0.2) is 44.6 Å². The molecular formula is C26H35N7S2. The molecule has 2 unspecified atom stereocenters. The molecule has 0 radical (unpaired) electrons. The number of nitrogens with one attached hydrogen (secondary N) is 1. The van der Waals surface area contributed by atoms with Crippen molar-refractivity contribution < 1.29 is 0 Å². The van der Waals surface area contributed by atoms with Gasteiger partial charge in [-0.25, -0.2) is 4.98 Å². The van der Waals surface area contributed by atoms with Gasteiger partial charge in [0.15, 0.2) is 5.65 Å². The van der Waals surface area contributed by atoms with Crippen LogP contribution >= 0.6 is 23.5 Å². The Morgan fingerprint density at radius 1 is 1.26 bits per heavy atom. The fraction of sp³-hybridized carbons (Fsp3) is 0.462. The SMILES string of the molecule is C=N/C=C(/C)SCc1ccc(-c2cnn3c(N)c(SC)c(C4CC5CCC(C4)N5)nc23)cn1.CC. The van der Waals surface area contributed by atoms with Gasteiger partial charge in [0.05, 0.1) is 22.5 Å². The van der Waals surface area contributed by atoms with Crippen LogP contribution in [0.15, 0.2) is 45.5 Å². The number of nitrogen functional groups attached to an aromatic ring is 1. The van der Waals surface area contributed by atoms with Gasteiger partial charge in [0.2, 0.25) is 0 Å². The number of anilines is 1. The summed E-state index contributed by atoms with van der Waals surface area (Å²) in [5.74, 6) is 1.90. The Morgan fingerprint density at radius 3 is 2.63 bits per heavy atom. The molecule has 2 aliphatic rings. The molecule has 3 aromatic heterocycles. The number of rotatable bonds is 7. The van der Waals surface area contributed by atoms with Gasteiger partial charge in [-0.3, -0.25) is 9.98 Å². The summed E-state index contributed by atoms with van der Waals surface area (Å²) in [5, 5.41) is 8.32. The van der Waals surface area contributed by atoms with E-state index in [9.17, 15) is 0 Å². The zero-order chi connectivity index (χ0) is 24.9. The zero-order valence-electron chi connectivity index (χ0n) is 21.0. The summed E-state index contributed by atoms with van der Waals surface area (Å²) in [7, 11) is 0. The van der Waals surface area contributed by atoms with Crippen LogP contribution in [0.4, 0.5) is 5.82 Å². The van der Waals surface area contributed by atoms with Crippen LogP contribution in [0.2, 0.25) is 0 Å². The monoisotopic (exact) mass is 509 g/mol. The molecule has 2 aliphatic heterocycles. The molecule has 2 saturated heterocycles. The third-order valence-electron chi connectivity index (χ3n) is 6.58. The maximum atomic E-state index is 6.62. The van der Waals surface area contributed by atoms with Gasteiger partial charge < -0.3 is 11.1 Å². The van der Waals surface area contributed by atoms with Crippen LogP contribution in [0, 0.1) is 0 Å². The van der Waals surface area contributed by atoms with E-state index in [1.807, 2.05) is 33.2 Å². The molecule has 2 atom stereocenters. The van der Waals surface area contributed by atoms with Gasteiger partial charge in [0.1, 0.15) is 5.82 Å². The molecule has 0 amide bonds. The van der Waals surface area contributed by atoms with Gasteiger partial charge >= 0.3 is 0 Å². The number of fused-ring (bicyclic) bond motifs is 3. The van der Waals surface area contributed by atoms with Crippen molar-refractivity contribution in [1.29, 1.82) is 0 Å². The second kappa shape index (κ2) is 11.6. The predicted octanol–water partition coefficient (Wildman–Crippen LogP) is 5.91. The second-order valence-electron chi connectivity index (χ2n) is 8.76. The molecule has 9 heteroatoms. The molecule has 0 saturated carbocycles. The minimum absolute atomic E-state index is 0.431. The van der Waals surface area contributed by atoms with Crippen molar-refractivity contribution >= 4 is 41.7 Å². The molecule has 2 bridgehead atoms. The number of hydrogen-bond donors (Lipinski definition) is 2. The number of thioether (sulfide) groups is 2. The largest absolute Gasteiger partial charge is 0.383 e. The third kappa shape index (κ3) is 5.42. The lowest BCUT2D eigenvalue weighted by Gasteiger charge is -2.30. The average molecular weight is 510 g/mol. The first-order valence-electron chi connectivity index (χ1n) is 12.2.